The molecule has 0 radical (unpaired) electrons. The second-order valence-electron chi connectivity index (χ2n) is 6.10. The molecule has 2 rings (SSSR count). The van der Waals surface area contributed by atoms with Crippen molar-refractivity contribution in [2.75, 3.05) is 7.11 Å². The lowest BCUT2D eigenvalue weighted by molar-refractivity contribution is -0.136. The van der Waals surface area contributed by atoms with Gasteiger partial charge in [-0.3, -0.25) is 10.3 Å². The van der Waals surface area contributed by atoms with E-state index in [1.54, 1.807) is 26.8 Å². The first-order chi connectivity index (χ1) is 10.8. The number of fused-ring (bicyclic) bond motifs is 1. The van der Waals surface area contributed by atoms with E-state index in [0.29, 0.717) is 6.54 Å². The van der Waals surface area contributed by atoms with Crippen LogP contribution in [0, 0.1) is 0 Å². The van der Waals surface area contributed by atoms with Crippen molar-refractivity contribution in [3.05, 3.63) is 40.6 Å². The lowest BCUT2D eigenvalue weighted by Crippen LogP contribution is -2.34. The number of rotatable bonds is 3. The van der Waals surface area contributed by atoms with Crippen LogP contribution in [0.25, 0.3) is 6.08 Å². The van der Waals surface area contributed by atoms with Crippen LogP contribution in [0.2, 0.25) is 0 Å². The number of benzene rings is 1. The molecule has 0 aliphatic carbocycles. The molecule has 1 aliphatic rings. The summed E-state index contributed by atoms with van der Waals surface area (Å²) in [5, 5.41) is 2.43. The number of esters is 1. The molecule has 6 heteroatoms. The molecule has 122 valence electrons. The number of nitrogens with zero attached hydrogens (tertiary/aromatic N) is 1. The first-order valence-electron chi connectivity index (χ1n) is 7.21. The van der Waals surface area contributed by atoms with Gasteiger partial charge in [0.25, 0.3) is 0 Å². The predicted octanol–water partition coefficient (Wildman–Crippen LogP) is 2.66. The summed E-state index contributed by atoms with van der Waals surface area (Å²) >= 11 is 0. The van der Waals surface area contributed by atoms with E-state index in [1.807, 2.05) is 24.4 Å². The van der Waals surface area contributed by atoms with Crippen molar-refractivity contribution in [3.8, 4) is 0 Å². The van der Waals surface area contributed by atoms with Gasteiger partial charge in [0.15, 0.2) is 0 Å². The third-order valence-corrected chi connectivity index (χ3v) is 3.01. The number of carbonyl (C=O) groups is 2. The van der Waals surface area contributed by atoms with Crippen LogP contribution in [0.4, 0.5) is 4.79 Å². The number of amides is 1. The standard InChI is InChI=1S/C17H20N2O4/c1-17(2,3)23-16(21)19-14(15(20)22-4)8-11-5-6-12-9-18-10-13(12)7-11/h5-9H,10H2,1-4H3,(H,19,21)/b14-8-. The third kappa shape index (κ3) is 4.67. The maximum atomic E-state index is 11.9. The molecule has 6 nitrogen and oxygen atoms in total. The van der Waals surface area contributed by atoms with Gasteiger partial charge in [-0.2, -0.15) is 0 Å². The van der Waals surface area contributed by atoms with Crippen molar-refractivity contribution in [2.24, 2.45) is 4.99 Å². The van der Waals surface area contributed by atoms with Gasteiger partial charge in [0.1, 0.15) is 11.3 Å². The maximum Gasteiger partial charge on any atom is 0.412 e. The van der Waals surface area contributed by atoms with Gasteiger partial charge >= 0.3 is 12.1 Å². The minimum absolute atomic E-state index is 0.0145. The molecule has 0 saturated heterocycles. The van der Waals surface area contributed by atoms with Crippen LogP contribution in [0.5, 0.6) is 0 Å². The fourth-order valence-electron chi connectivity index (χ4n) is 2.06. The van der Waals surface area contributed by atoms with Gasteiger partial charge in [0.2, 0.25) is 0 Å². The number of ether oxygens (including phenoxy) is 2. The fourth-order valence-corrected chi connectivity index (χ4v) is 2.06. The van der Waals surface area contributed by atoms with E-state index in [-0.39, 0.29) is 5.70 Å². The summed E-state index contributed by atoms with van der Waals surface area (Å²) in [6.45, 7) is 5.85. The Morgan fingerprint density at radius 3 is 2.70 bits per heavy atom. The van der Waals surface area contributed by atoms with Crippen LogP contribution >= 0.6 is 0 Å². The quantitative estimate of drug-likeness (QED) is 0.687. The summed E-state index contributed by atoms with van der Waals surface area (Å²) in [6.07, 6.45) is 2.65. The Labute approximate surface area is 135 Å². The molecule has 0 saturated carbocycles. The van der Waals surface area contributed by atoms with E-state index >= 15 is 0 Å². The van der Waals surface area contributed by atoms with Crippen molar-refractivity contribution in [2.45, 2.75) is 32.9 Å². The van der Waals surface area contributed by atoms with Gasteiger partial charge in [0, 0.05) is 6.21 Å². The van der Waals surface area contributed by atoms with E-state index in [1.165, 1.54) is 7.11 Å². The zero-order valence-electron chi connectivity index (χ0n) is 13.7. The molecule has 0 unspecified atom stereocenters. The highest BCUT2D eigenvalue weighted by molar-refractivity contribution is 5.97. The van der Waals surface area contributed by atoms with Gasteiger partial charge in [-0.1, -0.05) is 12.1 Å². The predicted molar refractivity (Wildman–Crippen MR) is 87.1 cm³/mol. The van der Waals surface area contributed by atoms with E-state index < -0.39 is 17.7 Å². The molecule has 0 fully saturated rings. The Morgan fingerprint density at radius 1 is 1.30 bits per heavy atom. The van der Waals surface area contributed by atoms with Crippen LogP contribution in [0.15, 0.2) is 28.9 Å². The Hall–Kier alpha value is -2.63. The van der Waals surface area contributed by atoms with Crippen molar-refractivity contribution in [3.63, 3.8) is 0 Å². The fraction of sp³-hybridized carbons (Fsp3) is 0.353. The second kappa shape index (κ2) is 6.64. The van der Waals surface area contributed by atoms with Crippen LogP contribution in [-0.4, -0.2) is 31.0 Å². The Kier molecular flexibility index (Phi) is 4.83. The van der Waals surface area contributed by atoms with E-state index in [9.17, 15) is 9.59 Å². The summed E-state index contributed by atoms with van der Waals surface area (Å²) in [4.78, 5) is 27.9. The molecule has 1 aromatic carbocycles. The zero-order valence-corrected chi connectivity index (χ0v) is 13.7. The highest BCUT2D eigenvalue weighted by atomic mass is 16.6. The normalized spacial score (nSPS) is 13.5. The number of hydrogen-bond donors (Lipinski definition) is 1. The molecule has 0 bridgehead atoms. The van der Waals surface area contributed by atoms with Gasteiger partial charge in [-0.15, -0.1) is 0 Å². The summed E-state index contributed by atoms with van der Waals surface area (Å²) in [7, 11) is 1.25. The average Bonchev–Trinajstić information content (AvgIpc) is 2.91. The van der Waals surface area contributed by atoms with Crippen LogP contribution in [0.3, 0.4) is 0 Å². The molecule has 1 heterocycles. The molecule has 0 spiro atoms. The molecule has 1 aliphatic heterocycles. The van der Waals surface area contributed by atoms with Crippen LogP contribution in [0.1, 0.15) is 37.5 Å². The first-order valence-corrected chi connectivity index (χ1v) is 7.21. The van der Waals surface area contributed by atoms with Crippen molar-refractivity contribution in [1.29, 1.82) is 0 Å². The van der Waals surface area contributed by atoms with Gasteiger partial charge in [-0.25, -0.2) is 9.59 Å². The Morgan fingerprint density at radius 2 is 2.04 bits per heavy atom. The van der Waals surface area contributed by atoms with Crippen molar-refractivity contribution < 1.29 is 19.1 Å². The highest BCUT2D eigenvalue weighted by Gasteiger charge is 2.20. The Bertz CT molecular complexity index is 684. The average molecular weight is 316 g/mol. The molecule has 1 N–H and O–H groups in total. The zero-order chi connectivity index (χ0) is 17.0. The largest absolute Gasteiger partial charge is 0.464 e. The maximum absolute atomic E-state index is 11.9. The molecule has 1 amide bonds. The molecule has 0 atom stereocenters. The monoisotopic (exact) mass is 316 g/mol. The smallest absolute Gasteiger partial charge is 0.412 e. The van der Waals surface area contributed by atoms with Gasteiger partial charge in [-0.05, 0) is 49.6 Å². The highest BCUT2D eigenvalue weighted by Crippen LogP contribution is 2.18. The van der Waals surface area contributed by atoms with E-state index in [0.717, 1.165) is 16.7 Å². The summed E-state index contributed by atoms with van der Waals surface area (Å²) < 4.78 is 9.86. The van der Waals surface area contributed by atoms with Crippen LogP contribution < -0.4 is 5.32 Å². The summed E-state index contributed by atoms with van der Waals surface area (Å²) in [5.41, 5.74) is 2.25. The lowest BCUT2D eigenvalue weighted by Gasteiger charge is -2.20. The SMILES string of the molecule is COC(=O)/C(=C/c1ccc2c(c1)CN=C2)NC(=O)OC(C)(C)C. The Balaban J connectivity index is 2.21. The molecular formula is C17H20N2O4. The second-order valence-corrected chi connectivity index (χ2v) is 6.10. The summed E-state index contributed by atoms with van der Waals surface area (Å²) in [6, 6.07) is 5.68. The number of hydrogen-bond acceptors (Lipinski definition) is 5. The number of methoxy groups -OCH3 is 1. The molecule has 23 heavy (non-hydrogen) atoms. The third-order valence-electron chi connectivity index (χ3n) is 3.01. The van der Waals surface area contributed by atoms with E-state index in [2.05, 4.69) is 10.3 Å². The molecule has 0 aromatic heterocycles. The van der Waals surface area contributed by atoms with Gasteiger partial charge in [0.05, 0.1) is 13.7 Å². The minimum atomic E-state index is -0.710. The first kappa shape index (κ1) is 16.7. The molecule has 1 aromatic rings. The van der Waals surface area contributed by atoms with Crippen molar-refractivity contribution >= 4 is 24.4 Å². The number of nitrogens with one attached hydrogen (secondary N) is 1. The topological polar surface area (TPSA) is 77.0 Å². The lowest BCUT2D eigenvalue weighted by atomic mass is 10.1. The van der Waals surface area contributed by atoms with Gasteiger partial charge < -0.3 is 9.47 Å². The van der Waals surface area contributed by atoms with Crippen LogP contribution in [-0.2, 0) is 20.8 Å². The minimum Gasteiger partial charge on any atom is -0.464 e. The van der Waals surface area contributed by atoms with Crippen molar-refractivity contribution in [1.82, 2.24) is 5.32 Å². The summed E-state index contributed by atoms with van der Waals surface area (Å²) in [5.74, 6) is -0.646. The molecular weight excluding hydrogens is 296 g/mol. The van der Waals surface area contributed by atoms with E-state index in [4.69, 9.17) is 9.47 Å². The number of carbonyl (C=O) groups excluding carboxylic acids is 2. The number of alkyl carbamates (subject to hydrolysis) is 1. The number of aliphatic imine (C=N–C) groups is 1.